The number of rotatable bonds is 2. The lowest BCUT2D eigenvalue weighted by Crippen LogP contribution is -2.07. The van der Waals surface area contributed by atoms with Gasteiger partial charge in [-0.3, -0.25) is 5.41 Å². The minimum atomic E-state index is 1.00. The van der Waals surface area contributed by atoms with E-state index in [2.05, 4.69) is 4.99 Å². The normalized spacial score (nSPS) is 9.43. The van der Waals surface area contributed by atoms with Gasteiger partial charge in [0, 0.05) is 14.1 Å². The fraction of sp³-hybridized carbons (Fsp3) is 0.500. The SMILES string of the molecule is CN(C)/C=N\C=N. The molecule has 1 N–H and O–H groups in total. The molecule has 7 heavy (non-hydrogen) atoms. The summed E-state index contributed by atoms with van der Waals surface area (Å²) in [6.45, 7) is 0. The van der Waals surface area contributed by atoms with Crippen LogP contribution in [0.4, 0.5) is 0 Å². The topological polar surface area (TPSA) is 39.5 Å². The van der Waals surface area contributed by atoms with Crippen molar-refractivity contribution < 1.29 is 0 Å². The fourth-order valence-electron chi connectivity index (χ4n) is 0.167. The molecule has 0 fully saturated rings. The molecule has 0 unspecified atom stereocenters. The minimum Gasteiger partial charge on any atom is -0.369 e. The van der Waals surface area contributed by atoms with Crippen molar-refractivity contribution in [3.63, 3.8) is 0 Å². The van der Waals surface area contributed by atoms with Crippen molar-refractivity contribution >= 4 is 12.7 Å². The summed E-state index contributed by atoms with van der Waals surface area (Å²) in [5, 5.41) is 6.45. The smallest absolute Gasteiger partial charge is 0.108 e. The number of aliphatic imine (C=N–C) groups is 1. The van der Waals surface area contributed by atoms with Crippen molar-refractivity contribution in [1.29, 1.82) is 5.41 Å². The summed E-state index contributed by atoms with van der Waals surface area (Å²) in [6, 6.07) is 0. The maximum Gasteiger partial charge on any atom is 0.108 e. The number of hydrogen-bond donors (Lipinski definition) is 1. The van der Waals surface area contributed by atoms with E-state index in [9.17, 15) is 0 Å². The predicted molar refractivity (Wildman–Crippen MR) is 31.0 cm³/mol. The Balaban J connectivity index is 3.25. The van der Waals surface area contributed by atoms with Crippen LogP contribution in [0.15, 0.2) is 4.99 Å². The van der Waals surface area contributed by atoms with Gasteiger partial charge in [0.15, 0.2) is 0 Å². The maximum absolute atomic E-state index is 6.45. The quantitative estimate of drug-likeness (QED) is 0.389. The summed E-state index contributed by atoms with van der Waals surface area (Å²) in [6.07, 6.45) is 2.56. The molecule has 0 bridgehead atoms. The van der Waals surface area contributed by atoms with Crippen LogP contribution in [0.2, 0.25) is 0 Å². The zero-order chi connectivity index (χ0) is 5.70. The molecule has 0 aromatic rings. The summed E-state index contributed by atoms with van der Waals surface area (Å²) >= 11 is 0. The minimum absolute atomic E-state index is 1.00. The van der Waals surface area contributed by atoms with Gasteiger partial charge in [0.2, 0.25) is 0 Å². The molecule has 0 aromatic carbocycles. The lowest BCUT2D eigenvalue weighted by molar-refractivity contribution is 0.644. The summed E-state index contributed by atoms with van der Waals surface area (Å²) in [5.74, 6) is 0. The lowest BCUT2D eigenvalue weighted by atomic mass is 10.9. The molecule has 0 aromatic heterocycles. The van der Waals surface area contributed by atoms with E-state index in [1.54, 1.807) is 11.2 Å². The first kappa shape index (κ1) is 6.14. The van der Waals surface area contributed by atoms with Gasteiger partial charge < -0.3 is 4.90 Å². The first-order chi connectivity index (χ1) is 3.27. The van der Waals surface area contributed by atoms with E-state index >= 15 is 0 Å². The molecule has 3 heteroatoms. The number of hydrogen-bond acceptors (Lipinski definition) is 1. The van der Waals surface area contributed by atoms with Crippen molar-refractivity contribution in [2.45, 2.75) is 0 Å². The zero-order valence-corrected chi connectivity index (χ0v) is 4.55. The van der Waals surface area contributed by atoms with Gasteiger partial charge in [-0.05, 0) is 0 Å². The Morgan fingerprint density at radius 2 is 2.14 bits per heavy atom. The van der Waals surface area contributed by atoms with Gasteiger partial charge in [0.25, 0.3) is 0 Å². The van der Waals surface area contributed by atoms with Crippen LogP contribution in [-0.2, 0) is 0 Å². The van der Waals surface area contributed by atoms with Crippen LogP contribution in [0.25, 0.3) is 0 Å². The van der Waals surface area contributed by atoms with E-state index in [0.717, 1.165) is 6.34 Å². The maximum atomic E-state index is 6.45. The third-order valence-corrected chi connectivity index (χ3v) is 0.372. The Morgan fingerprint density at radius 3 is 2.29 bits per heavy atom. The highest BCUT2D eigenvalue weighted by molar-refractivity contribution is 5.68. The van der Waals surface area contributed by atoms with Gasteiger partial charge in [-0.2, -0.15) is 0 Å². The molecule has 0 atom stereocenters. The predicted octanol–water partition coefficient (Wildman–Crippen LogP) is 0.183. The average Bonchev–Trinajstić information content (AvgIpc) is 1.61. The molecule has 0 rings (SSSR count). The molecule has 0 aliphatic carbocycles. The second-order valence-corrected chi connectivity index (χ2v) is 1.36. The molecule has 0 amide bonds. The van der Waals surface area contributed by atoms with E-state index in [0.29, 0.717) is 0 Å². The highest BCUT2D eigenvalue weighted by Gasteiger charge is 1.69. The van der Waals surface area contributed by atoms with Gasteiger partial charge in [-0.15, -0.1) is 0 Å². The summed E-state index contributed by atoms with van der Waals surface area (Å²) in [5.41, 5.74) is 0. The van der Waals surface area contributed by atoms with Gasteiger partial charge >= 0.3 is 0 Å². The zero-order valence-electron chi connectivity index (χ0n) is 4.55. The molecular formula is C4H9N3. The summed E-state index contributed by atoms with van der Waals surface area (Å²) in [4.78, 5) is 5.28. The number of nitrogens with zero attached hydrogens (tertiary/aromatic N) is 2. The fourth-order valence-corrected chi connectivity index (χ4v) is 0.167. The first-order valence-corrected chi connectivity index (χ1v) is 1.96. The highest BCUT2D eigenvalue weighted by Crippen LogP contribution is 1.60. The van der Waals surface area contributed by atoms with Crippen molar-refractivity contribution in [3.8, 4) is 0 Å². The first-order valence-electron chi connectivity index (χ1n) is 1.96. The molecule has 0 aliphatic rings. The van der Waals surface area contributed by atoms with Gasteiger partial charge in [0.1, 0.15) is 6.34 Å². The Labute approximate surface area is 43.2 Å². The molecule has 0 radical (unpaired) electrons. The molecule has 0 aliphatic heterocycles. The second-order valence-electron chi connectivity index (χ2n) is 1.36. The van der Waals surface area contributed by atoms with Gasteiger partial charge in [0.05, 0.1) is 6.34 Å². The highest BCUT2D eigenvalue weighted by atomic mass is 15.1. The molecule has 3 nitrogen and oxygen atoms in total. The lowest BCUT2D eigenvalue weighted by Gasteiger charge is -1.98. The van der Waals surface area contributed by atoms with Crippen molar-refractivity contribution in [1.82, 2.24) is 4.90 Å². The monoisotopic (exact) mass is 99.1 g/mol. The largest absolute Gasteiger partial charge is 0.369 e. The van der Waals surface area contributed by atoms with Gasteiger partial charge in [-0.25, -0.2) is 4.99 Å². The molecular weight excluding hydrogens is 90.1 g/mol. The van der Waals surface area contributed by atoms with Crippen LogP contribution in [0, 0.1) is 5.41 Å². The Hall–Kier alpha value is -0.860. The molecule has 40 valence electrons. The Morgan fingerprint density at radius 1 is 1.57 bits per heavy atom. The summed E-state index contributed by atoms with van der Waals surface area (Å²) in [7, 11) is 3.71. The Kier molecular flexibility index (Phi) is 2.92. The van der Waals surface area contributed by atoms with E-state index in [-0.39, 0.29) is 0 Å². The van der Waals surface area contributed by atoms with Crippen molar-refractivity contribution in [2.24, 2.45) is 4.99 Å². The van der Waals surface area contributed by atoms with Crippen molar-refractivity contribution in [3.05, 3.63) is 0 Å². The van der Waals surface area contributed by atoms with Crippen LogP contribution < -0.4 is 0 Å². The van der Waals surface area contributed by atoms with Gasteiger partial charge in [-0.1, -0.05) is 0 Å². The van der Waals surface area contributed by atoms with E-state index in [1.807, 2.05) is 14.1 Å². The number of nitrogens with one attached hydrogen (secondary N) is 1. The van der Waals surface area contributed by atoms with E-state index < -0.39 is 0 Å². The van der Waals surface area contributed by atoms with Crippen LogP contribution >= 0.6 is 0 Å². The van der Waals surface area contributed by atoms with Crippen LogP contribution in [0.3, 0.4) is 0 Å². The van der Waals surface area contributed by atoms with Crippen LogP contribution in [0.1, 0.15) is 0 Å². The molecule has 0 heterocycles. The van der Waals surface area contributed by atoms with E-state index in [4.69, 9.17) is 5.41 Å². The average molecular weight is 99.1 g/mol. The molecule has 0 spiro atoms. The third-order valence-electron chi connectivity index (χ3n) is 0.372. The van der Waals surface area contributed by atoms with Crippen molar-refractivity contribution in [2.75, 3.05) is 14.1 Å². The standard InChI is InChI=1S/C4H9N3/c1-7(2)4-6-3-5/h3-5H,1-2H3/b5-3?,6-4-. The third kappa shape index (κ3) is 5.14. The van der Waals surface area contributed by atoms with Crippen LogP contribution in [0.5, 0.6) is 0 Å². The second kappa shape index (κ2) is 3.33. The molecule has 0 saturated carbocycles. The summed E-state index contributed by atoms with van der Waals surface area (Å²) < 4.78 is 0. The molecule has 0 saturated heterocycles. The van der Waals surface area contributed by atoms with E-state index in [1.165, 1.54) is 0 Å². The Bertz CT molecular complexity index is 75.0. The van der Waals surface area contributed by atoms with Crippen LogP contribution in [-0.4, -0.2) is 31.7 Å².